The molecule has 0 amide bonds. The van der Waals surface area contributed by atoms with E-state index < -0.39 is 11.6 Å². The van der Waals surface area contributed by atoms with Gasteiger partial charge in [0.15, 0.2) is 0 Å². The number of hydrogen-bond acceptors (Lipinski definition) is 2. The SMILES string of the molecule is CCCNC(c1cccs1)c1cc(F)c(Cl)cc1F. The molecule has 0 bridgehead atoms. The van der Waals surface area contributed by atoms with Gasteiger partial charge in [-0.2, -0.15) is 0 Å². The second-order valence-electron chi connectivity index (χ2n) is 4.19. The Morgan fingerprint density at radius 2 is 2.11 bits per heavy atom. The lowest BCUT2D eigenvalue weighted by molar-refractivity contribution is 0.539. The van der Waals surface area contributed by atoms with Crippen molar-refractivity contribution in [3.8, 4) is 0 Å². The topological polar surface area (TPSA) is 12.0 Å². The molecule has 0 saturated carbocycles. The standard InChI is InChI=1S/C14H14ClF2NS/c1-2-5-18-14(13-4-3-6-19-13)9-7-12(17)10(15)8-11(9)16/h3-4,6-8,14,18H,2,5H2,1H3. The largest absolute Gasteiger partial charge is 0.306 e. The maximum absolute atomic E-state index is 14.0. The van der Waals surface area contributed by atoms with Crippen LogP contribution in [0.15, 0.2) is 29.6 Å². The molecule has 1 heterocycles. The van der Waals surface area contributed by atoms with Gasteiger partial charge in [-0.05, 0) is 36.5 Å². The summed E-state index contributed by atoms with van der Waals surface area (Å²) < 4.78 is 27.6. The van der Waals surface area contributed by atoms with Crippen molar-refractivity contribution >= 4 is 22.9 Å². The van der Waals surface area contributed by atoms with Crippen LogP contribution in [0.5, 0.6) is 0 Å². The molecule has 1 N–H and O–H groups in total. The molecular weight excluding hydrogens is 288 g/mol. The molecule has 0 saturated heterocycles. The first-order valence-electron chi connectivity index (χ1n) is 6.04. The molecule has 2 aromatic rings. The van der Waals surface area contributed by atoms with Gasteiger partial charge in [-0.3, -0.25) is 0 Å². The summed E-state index contributed by atoms with van der Waals surface area (Å²) in [5.74, 6) is -1.09. The van der Waals surface area contributed by atoms with Gasteiger partial charge in [-0.25, -0.2) is 8.78 Å². The maximum Gasteiger partial charge on any atom is 0.142 e. The summed E-state index contributed by atoms with van der Waals surface area (Å²) in [4.78, 5) is 0.953. The summed E-state index contributed by atoms with van der Waals surface area (Å²) in [5, 5.41) is 4.96. The zero-order valence-electron chi connectivity index (χ0n) is 10.4. The fourth-order valence-electron chi connectivity index (χ4n) is 1.87. The van der Waals surface area contributed by atoms with Crippen LogP contribution in [0.3, 0.4) is 0 Å². The first-order valence-corrected chi connectivity index (χ1v) is 7.30. The van der Waals surface area contributed by atoms with Crippen molar-refractivity contribution < 1.29 is 8.78 Å². The van der Waals surface area contributed by atoms with E-state index in [1.165, 1.54) is 17.4 Å². The fraction of sp³-hybridized carbons (Fsp3) is 0.286. The normalized spacial score (nSPS) is 12.6. The molecule has 102 valence electrons. The van der Waals surface area contributed by atoms with Gasteiger partial charge in [0.2, 0.25) is 0 Å². The molecule has 0 aliphatic rings. The minimum absolute atomic E-state index is 0.193. The van der Waals surface area contributed by atoms with E-state index in [0.29, 0.717) is 0 Å². The number of hydrogen-bond donors (Lipinski definition) is 1. The molecule has 1 aromatic carbocycles. The Bertz CT molecular complexity index is 543. The molecule has 1 atom stereocenters. The summed E-state index contributed by atoms with van der Waals surface area (Å²) in [5.41, 5.74) is 0.290. The average Bonchev–Trinajstić information content (AvgIpc) is 2.89. The summed E-state index contributed by atoms with van der Waals surface area (Å²) in [7, 11) is 0. The van der Waals surface area contributed by atoms with Gasteiger partial charge in [0.1, 0.15) is 11.6 Å². The predicted octanol–water partition coefficient (Wildman–Crippen LogP) is 4.77. The summed E-state index contributed by atoms with van der Waals surface area (Å²) in [6, 6.07) is 5.66. The van der Waals surface area contributed by atoms with Crippen molar-refractivity contribution in [1.82, 2.24) is 5.32 Å². The van der Waals surface area contributed by atoms with Crippen molar-refractivity contribution in [1.29, 1.82) is 0 Å². The minimum atomic E-state index is -0.599. The zero-order valence-corrected chi connectivity index (χ0v) is 12.0. The van der Waals surface area contributed by atoms with E-state index in [-0.39, 0.29) is 16.6 Å². The Morgan fingerprint density at radius 3 is 2.74 bits per heavy atom. The van der Waals surface area contributed by atoms with Crippen LogP contribution in [-0.2, 0) is 0 Å². The smallest absolute Gasteiger partial charge is 0.142 e. The lowest BCUT2D eigenvalue weighted by Crippen LogP contribution is -2.23. The molecule has 1 aromatic heterocycles. The van der Waals surface area contributed by atoms with E-state index in [0.717, 1.165) is 23.9 Å². The van der Waals surface area contributed by atoms with E-state index in [1.54, 1.807) is 0 Å². The number of thiophene rings is 1. The first kappa shape index (κ1) is 14.4. The monoisotopic (exact) mass is 301 g/mol. The highest BCUT2D eigenvalue weighted by molar-refractivity contribution is 7.10. The van der Waals surface area contributed by atoms with Gasteiger partial charge in [-0.15, -0.1) is 11.3 Å². The van der Waals surface area contributed by atoms with Gasteiger partial charge in [0.25, 0.3) is 0 Å². The first-order chi connectivity index (χ1) is 9.13. The number of benzene rings is 1. The molecule has 2 rings (SSSR count). The van der Waals surface area contributed by atoms with Crippen LogP contribution in [0.1, 0.15) is 29.8 Å². The third kappa shape index (κ3) is 3.32. The second kappa shape index (κ2) is 6.46. The van der Waals surface area contributed by atoms with Crippen molar-refractivity contribution in [2.24, 2.45) is 0 Å². The highest BCUT2D eigenvalue weighted by Crippen LogP contribution is 2.30. The fourth-order valence-corrected chi connectivity index (χ4v) is 2.84. The van der Waals surface area contributed by atoms with Crippen LogP contribution >= 0.6 is 22.9 Å². The van der Waals surface area contributed by atoms with Gasteiger partial charge in [0.05, 0.1) is 11.1 Å². The molecular formula is C14H14ClF2NS. The average molecular weight is 302 g/mol. The molecule has 1 nitrogen and oxygen atoms in total. The quantitative estimate of drug-likeness (QED) is 0.785. The van der Waals surface area contributed by atoms with Gasteiger partial charge in [-0.1, -0.05) is 24.6 Å². The van der Waals surface area contributed by atoms with Gasteiger partial charge >= 0.3 is 0 Å². The minimum Gasteiger partial charge on any atom is -0.306 e. The van der Waals surface area contributed by atoms with Crippen LogP contribution in [0.2, 0.25) is 5.02 Å². The Morgan fingerprint density at radius 1 is 1.32 bits per heavy atom. The van der Waals surface area contributed by atoms with Crippen LogP contribution in [0.25, 0.3) is 0 Å². The molecule has 0 aliphatic carbocycles. The van der Waals surface area contributed by atoms with Crippen LogP contribution in [0.4, 0.5) is 8.78 Å². The molecule has 19 heavy (non-hydrogen) atoms. The van der Waals surface area contributed by atoms with E-state index in [4.69, 9.17) is 11.6 Å². The van der Waals surface area contributed by atoms with Crippen LogP contribution in [0, 0.1) is 11.6 Å². The zero-order chi connectivity index (χ0) is 13.8. The summed E-state index contributed by atoms with van der Waals surface area (Å²) in [6.07, 6.45) is 0.916. The Balaban J connectivity index is 2.40. The molecule has 0 fully saturated rings. The summed E-state index contributed by atoms with van der Waals surface area (Å²) >= 11 is 7.10. The molecule has 0 radical (unpaired) electrons. The van der Waals surface area contributed by atoms with Crippen LogP contribution in [-0.4, -0.2) is 6.54 Å². The lowest BCUT2D eigenvalue weighted by atomic mass is 10.0. The Labute approximate surface area is 120 Å². The van der Waals surface area contributed by atoms with Crippen molar-refractivity contribution in [2.45, 2.75) is 19.4 Å². The molecule has 1 unspecified atom stereocenters. The van der Waals surface area contributed by atoms with E-state index in [2.05, 4.69) is 5.32 Å². The number of halogens is 3. The number of nitrogens with one attached hydrogen (secondary N) is 1. The molecule has 0 spiro atoms. The van der Waals surface area contributed by atoms with Gasteiger partial charge in [0, 0.05) is 10.4 Å². The van der Waals surface area contributed by atoms with E-state index in [9.17, 15) is 8.78 Å². The van der Waals surface area contributed by atoms with Gasteiger partial charge < -0.3 is 5.32 Å². The van der Waals surface area contributed by atoms with Crippen LogP contribution < -0.4 is 5.32 Å². The third-order valence-electron chi connectivity index (χ3n) is 2.78. The summed E-state index contributed by atoms with van der Waals surface area (Å²) in [6.45, 7) is 2.75. The van der Waals surface area contributed by atoms with Crippen molar-refractivity contribution in [3.63, 3.8) is 0 Å². The van der Waals surface area contributed by atoms with Crippen molar-refractivity contribution in [3.05, 3.63) is 56.7 Å². The predicted molar refractivity (Wildman–Crippen MR) is 75.8 cm³/mol. The Kier molecular flexibility index (Phi) is 4.91. The van der Waals surface area contributed by atoms with E-state index >= 15 is 0 Å². The maximum atomic E-state index is 14.0. The second-order valence-corrected chi connectivity index (χ2v) is 5.58. The lowest BCUT2D eigenvalue weighted by Gasteiger charge is -2.18. The molecule has 5 heteroatoms. The Hall–Kier alpha value is -0.970. The van der Waals surface area contributed by atoms with Crippen molar-refractivity contribution in [2.75, 3.05) is 6.54 Å². The highest BCUT2D eigenvalue weighted by atomic mass is 35.5. The molecule has 0 aliphatic heterocycles. The number of rotatable bonds is 5. The highest BCUT2D eigenvalue weighted by Gasteiger charge is 2.20. The third-order valence-corrected chi connectivity index (χ3v) is 4.00. The van der Waals surface area contributed by atoms with E-state index in [1.807, 2.05) is 24.4 Å².